The minimum atomic E-state index is -1.16. The summed E-state index contributed by atoms with van der Waals surface area (Å²) in [5.41, 5.74) is 0. The SMILES string of the molecule is O=C(O)CN1CCN(CC(=O)O)CC(=O)NCC(O)CNC(=O)CN(CC(=O)O)CC1. The van der Waals surface area contributed by atoms with Gasteiger partial charge in [0.25, 0.3) is 0 Å². The second-order valence-corrected chi connectivity index (χ2v) is 7.14. The normalized spacial score (nSPS) is 20.0. The third-order valence-electron chi connectivity index (χ3n) is 4.35. The van der Waals surface area contributed by atoms with Crippen LogP contribution in [0.3, 0.4) is 0 Å². The molecule has 1 aliphatic rings. The van der Waals surface area contributed by atoms with Gasteiger partial charge in [0.15, 0.2) is 0 Å². The van der Waals surface area contributed by atoms with Crippen LogP contribution in [0.5, 0.6) is 0 Å². The molecule has 14 nitrogen and oxygen atoms in total. The molecule has 176 valence electrons. The van der Waals surface area contributed by atoms with Gasteiger partial charge < -0.3 is 31.1 Å². The van der Waals surface area contributed by atoms with Crippen LogP contribution >= 0.6 is 0 Å². The summed E-state index contributed by atoms with van der Waals surface area (Å²) >= 11 is 0. The summed E-state index contributed by atoms with van der Waals surface area (Å²) < 4.78 is 0. The van der Waals surface area contributed by atoms with Crippen molar-refractivity contribution in [2.24, 2.45) is 0 Å². The summed E-state index contributed by atoms with van der Waals surface area (Å²) in [4.78, 5) is 61.6. The maximum atomic E-state index is 12.1. The fraction of sp³-hybridized carbons (Fsp3) is 0.706. The van der Waals surface area contributed by atoms with Crippen molar-refractivity contribution in [1.29, 1.82) is 0 Å². The minimum absolute atomic E-state index is 0.0645. The van der Waals surface area contributed by atoms with E-state index in [9.17, 15) is 29.1 Å². The van der Waals surface area contributed by atoms with E-state index < -0.39 is 48.9 Å². The maximum Gasteiger partial charge on any atom is 0.317 e. The molecule has 1 heterocycles. The predicted molar refractivity (Wildman–Crippen MR) is 104 cm³/mol. The molecular weight excluding hydrogens is 418 g/mol. The molecule has 0 aliphatic carbocycles. The number of hydrogen-bond acceptors (Lipinski definition) is 9. The topological polar surface area (TPSA) is 200 Å². The predicted octanol–water partition coefficient (Wildman–Crippen LogP) is -4.25. The van der Waals surface area contributed by atoms with Gasteiger partial charge in [0, 0.05) is 39.3 Å². The number of carboxylic acid groups (broad SMARTS) is 3. The van der Waals surface area contributed by atoms with E-state index in [1.165, 1.54) is 14.7 Å². The lowest BCUT2D eigenvalue weighted by Crippen LogP contribution is -2.49. The monoisotopic (exact) mass is 447 g/mol. The number of nitrogens with one attached hydrogen (secondary N) is 2. The molecule has 0 aromatic rings. The lowest BCUT2D eigenvalue weighted by Gasteiger charge is -2.28. The largest absolute Gasteiger partial charge is 0.480 e. The molecule has 0 aromatic heterocycles. The zero-order valence-electron chi connectivity index (χ0n) is 17.0. The molecule has 0 atom stereocenters. The third-order valence-corrected chi connectivity index (χ3v) is 4.35. The number of carbonyl (C=O) groups is 5. The second-order valence-electron chi connectivity index (χ2n) is 7.14. The third kappa shape index (κ3) is 12.5. The molecule has 6 N–H and O–H groups in total. The van der Waals surface area contributed by atoms with E-state index in [1.54, 1.807) is 0 Å². The van der Waals surface area contributed by atoms with Gasteiger partial charge in [0.1, 0.15) is 0 Å². The van der Waals surface area contributed by atoms with E-state index in [-0.39, 0.29) is 58.9 Å². The molecule has 2 amide bonds. The molecule has 0 bridgehead atoms. The highest BCUT2D eigenvalue weighted by atomic mass is 16.4. The maximum absolute atomic E-state index is 12.1. The summed E-state index contributed by atoms with van der Waals surface area (Å²) in [7, 11) is 0. The molecule has 0 spiro atoms. The average Bonchev–Trinajstić information content (AvgIpc) is 2.64. The van der Waals surface area contributed by atoms with E-state index in [0.717, 1.165) is 0 Å². The standard InChI is InChI=1S/C17H29N5O9/c23-12-5-18-13(24)7-21(10-16(28)29)3-1-20(9-15(26)27)2-4-22(11-17(30)31)8-14(25)19-6-12/h12,23H,1-11H2,(H,18,24)(H,19,25)(H,26,27)(H,28,29)(H,30,31). The fourth-order valence-electron chi connectivity index (χ4n) is 2.89. The number of rotatable bonds is 6. The summed E-state index contributed by atoms with van der Waals surface area (Å²) in [5.74, 6) is -4.52. The smallest absolute Gasteiger partial charge is 0.317 e. The van der Waals surface area contributed by atoms with E-state index in [0.29, 0.717) is 0 Å². The van der Waals surface area contributed by atoms with E-state index in [4.69, 9.17) is 15.3 Å². The van der Waals surface area contributed by atoms with Gasteiger partial charge in [0.05, 0.1) is 38.8 Å². The first-order valence-electron chi connectivity index (χ1n) is 9.59. The lowest BCUT2D eigenvalue weighted by atomic mass is 10.3. The molecule has 1 saturated heterocycles. The number of nitrogens with zero attached hydrogens (tertiary/aromatic N) is 3. The molecular formula is C17H29N5O9. The van der Waals surface area contributed by atoms with Crippen LogP contribution in [-0.4, -0.2) is 143 Å². The first kappa shape index (κ1) is 26.2. The highest BCUT2D eigenvalue weighted by molar-refractivity contribution is 5.80. The van der Waals surface area contributed by atoms with Crippen molar-refractivity contribution >= 4 is 29.7 Å². The van der Waals surface area contributed by atoms with Crippen molar-refractivity contribution in [2.75, 3.05) is 72.0 Å². The number of aliphatic hydroxyl groups is 1. The van der Waals surface area contributed by atoms with Crippen molar-refractivity contribution in [2.45, 2.75) is 6.10 Å². The van der Waals surface area contributed by atoms with Crippen LogP contribution in [0, 0.1) is 0 Å². The van der Waals surface area contributed by atoms with Gasteiger partial charge >= 0.3 is 17.9 Å². The zero-order valence-corrected chi connectivity index (χ0v) is 17.0. The molecule has 14 heteroatoms. The number of β-amino-alcohol motifs (C(OH)–C–C–N with tert-alkyl or cyclic N) is 1. The Hall–Kier alpha value is -2.81. The number of hydrogen-bond donors (Lipinski definition) is 6. The van der Waals surface area contributed by atoms with Crippen LogP contribution in [0.15, 0.2) is 0 Å². The van der Waals surface area contributed by atoms with Crippen LogP contribution in [0.2, 0.25) is 0 Å². The van der Waals surface area contributed by atoms with Crippen LogP contribution in [-0.2, 0) is 24.0 Å². The summed E-state index contributed by atoms with van der Waals surface area (Å²) in [6.45, 7) is -1.86. The van der Waals surface area contributed by atoms with Gasteiger partial charge in [-0.3, -0.25) is 38.7 Å². The highest BCUT2D eigenvalue weighted by Crippen LogP contribution is 1.98. The van der Waals surface area contributed by atoms with Crippen molar-refractivity contribution in [3.05, 3.63) is 0 Å². The minimum Gasteiger partial charge on any atom is -0.480 e. The quantitative estimate of drug-likeness (QED) is 0.229. The Morgan fingerprint density at radius 2 is 1.03 bits per heavy atom. The number of aliphatic carboxylic acids is 3. The van der Waals surface area contributed by atoms with Crippen molar-refractivity contribution < 1.29 is 44.4 Å². The Bertz CT molecular complexity index is 614. The number of carbonyl (C=O) groups excluding carboxylic acids is 2. The van der Waals surface area contributed by atoms with Gasteiger partial charge in [-0.25, -0.2) is 0 Å². The highest BCUT2D eigenvalue weighted by Gasteiger charge is 2.21. The van der Waals surface area contributed by atoms with E-state index in [2.05, 4.69) is 10.6 Å². The Kier molecular flexibility index (Phi) is 11.4. The Labute approximate surface area is 178 Å². The van der Waals surface area contributed by atoms with Crippen LogP contribution < -0.4 is 10.6 Å². The van der Waals surface area contributed by atoms with E-state index in [1.807, 2.05) is 0 Å². The molecule has 31 heavy (non-hydrogen) atoms. The average molecular weight is 447 g/mol. The van der Waals surface area contributed by atoms with Gasteiger partial charge in [-0.2, -0.15) is 0 Å². The molecule has 0 aromatic carbocycles. The molecule has 1 aliphatic heterocycles. The van der Waals surface area contributed by atoms with Crippen LogP contribution in [0.4, 0.5) is 0 Å². The summed E-state index contributed by atoms with van der Waals surface area (Å²) in [6.07, 6.45) is -1.09. The summed E-state index contributed by atoms with van der Waals surface area (Å²) in [6, 6.07) is 0. The van der Waals surface area contributed by atoms with Crippen LogP contribution in [0.25, 0.3) is 0 Å². The van der Waals surface area contributed by atoms with Crippen molar-refractivity contribution in [1.82, 2.24) is 25.3 Å². The molecule has 1 rings (SSSR count). The number of carboxylic acids is 3. The Balaban J connectivity index is 2.96. The first-order chi connectivity index (χ1) is 14.5. The summed E-state index contributed by atoms with van der Waals surface area (Å²) in [5, 5.41) is 42.0. The first-order valence-corrected chi connectivity index (χ1v) is 9.59. The number of amides is 2. The molecule has 0 radical (unpaired) electrons. The second kappa shape index (κ2) is 13.5. The number of aliphatic hydroxyl groups excluding tert-OH is 1. The van der Waals surface area contributed by atoms with Crippen molar-refractivity contribution in [3.63, 3.8) is 0 Å². The Morgan fingerprint density at radius 1 is 0.710 bits per heavy atom. The van der Waals surface area contributed by atoms with Crippen molar-refractivity contribution in [3.8, 4) is 0 Å². The zero-order chi connectivity index (χ0) is 23.4. The van der Waals surface area contributed by atoms with E-state index >= 15 is 0 Å². The lowest BCUT2D eigenvalue weighted by molar-refractivity contribution is -0.141. The van der Waals surface area contributed by atoms with Gasteiger partial charge in [-0.1, -0.05) is 0 Å². The molecule has 1 fully saturated rings. The molecule has 0 saturated carbocycles. The van der Waals surface area contributed by atoms with Gasteiger partial charge in [0.2, 0.25) is 11.8 Å². The van der Waals surface area contributed by atoms with Gasteiger partial charge in [-0.05, 0) is 0 Å². The fourth-order valence-corrected chi connectivity index (χ4v) is 2.89. The van der Waals surface area contributed by atoms with Crippen LogP contribution in [0.1, 0.15) is 0 Å². The molecule has 0 unspecified atom stereocenters. The Morgan fingerprint density at radius 3 is 1.39 bits per heavy atom. The van der Waals surface area contributed by atoms with Gasteiger partial charge in [-0.15, -0.1) is 0 Å².